The number of carbonyl (C=O) groups is 2. The van der Waals surface area contributed by atoms with E-state index in [1.165, 1.54) is 61.2 Å². The molecule has 0 unspecified atom stereocenters. The predicted octanol–water partition coefficient (Wildman–Crippen LogP) is 1.64. The van der Waals surface area contributed by atoms with Gasteiger partial charge in [-0.3, -0.25) is 9.59 Å². The molecule has 30 heavy (non-hydrogen) atoms. The number of carbonyl (C=O) groups excluding carboxylic acids is 2. The first-order valence-electron chi connectivity index (χ1n) is 9.04. The van der Waals surface area contributed by atoms with E-state index in [1.54, 1.807) is 11.4 Å². The molecule has 0 atom stereocenters. The van der Waals surface area contributed by atoms with Crippen molar-refractivity contribution in [2.24, 2.45) is 0 Å². The fraction of sp³-hybridized carbons (Fsp3) is 0.368. The summed E-state index contributed by atoms with van der Waals surface area (Å²) in [6, 6.07) is 7.24. The highest BCUT2D eigenvalue weighted by molar-refractivity contribution is 7.89. The molecule has 0 bridgehead atoms. The molecule has 0 aliphatic rings. The van der Waals surface area contributed by atoms with Crippen LogP contribution < -0.4 is 10.6 Å². The van der Waals surface area contributed by atoms with Crippen molar-refractivity contribution in [2.75, 3.05) is 52.9 Å². The number of hydrogen-bond acceptors (Lipinski definition) is 7. The zero-order chi connectivity index (χ0) is 22.1. The van der Waals surface area contributed by atoms with Gasteiger partial charge in [-0.25, -0.2) is 8.42 Å². The lowest BCUT2D eigenvalue weighted by Gasteiger charge is -2.21. The molecule has 2 rings (SSSR count). The number of thiophene rings is 1. The maximum Gasteiger partial charge on any atom is 0.256 e. The maximum absolute atomic E-state index is 12.9. The molecular weight excluding hydrogens is 430 g/mol. The van der Waals surface area contributed by atoms with Crippen LogP contribution in [0.5, 0.6) is 0 Å². The van der Waals surface area contributed by atoms with Crippen LogP contribution in [0.25, 0.3) is 0 Å². The Balaban J connectivity index is 2.17. The Morgan fingerprint density at radius 2 is 1.60 bits per heavy atom. The Morgan fingerprint density at radius 1 is 1.00 bits per heavy atom. The standard InChI is InChI=1S/C19H25N3O6S2/c1-20-18(24)16-8-13-29-19(16)21-17(23)14-4-6-15(7-5-14)30(25,26)22(9-11-27-2)10-12-28-3/h4-8,13H,9-12H2,1-3H3,(H,20,24)(H,21,23). The summed E-state index contributed by atoms with van der Waals surface area (Å²) in [7, 11) is 0.734. The number of amides is 2. The lowest BCUT2D eigenvalue weighted by atomic mass is 10.2. The monoisotopic (exact) mass is 455 g/mol. The molecule has 1 aromatic heterocycles. The third kappa shape index (κ3) is 5.86. The topological polar surface area (TPSA) is 114 Å². The van der Waals surface area contributed by atoms with Crippen LogP contribution in [0, 0.1) is 0 Å². The SMILES string of the molecule is CNC(=O)c1ccsc1NC(=O)c1ccc(S(=O)(=O)N(CCOC)CCOC)cc1. The first-order valence-corrected chi connectivity index (χ1v) is 11.4. The van der Waals surface area contributed by atoms with E-state index in [2.05, 4.69) is 10.6 Å². The van der Waals surface area contributed by atoms with Crippen LogP contribution in [0.3, 0.4) is 0 Å². The smallest absolute Gasteiger partial charge is 0.256 e. The fourth-order valence-corrected chi connectivity index (χ4v) is 4.75. The quantitative estimate of drug-likeness (QED) is 0.533. The Kier molecular flexibility index (Phi) is 8.93. The van der Waals surface area contributed by atoms with Crippen molar-refractivity contribution in [1.29, 1.82) is 0 Å². The Labute approximate surface area is 180 Å². The Bertz CT molecular complexity index is 949. The lowest BCUT2D eigenvalue weighted by molar-refractivity contribution is 0.0964. The largest absolute Gasteiger partial charge is 0.383 e. The number of sulfonamides is 1. The van der Waals surface area contributed by atoms with Gasteiger partial charge < -0.3 is 20.1 Å². The second-order valence-electron chi connectivity index (χ2n) is 6.11. The highest BCUT2D eigenvalue weighted by Crippen LogP contribution is 2.24. The highest BCUT2D eigenvalue weighted by atomic mass is 32.2. The fourth-order valence-electron chi connectivity index (χ4n) is 2.56. The number of benzene rings is 1. The number of ether oxygens (including phenoxy) is 2. The van der Waals surface area contributed by atoms with Gasteiger partial charge in [-0.05, 0) is 35.7 Å². The summed E-state index contributed by atoms with van der Waals surface area (Å²) in [6.45, 7) is 0.867. The molecule has 1 heterocycles. The number of hydrogen-bond donors (Lipinski definition) is 2. The van der Waals surface area contributed by atoms with Crippen LogP contribution >= 0.6 is 11.3 Å². The van der Waals surface area contributed by atoms with Gasteiger partial charge in [0.15, 0.2) is 0 Å². The molecule has 2 amide bonds. The lowest BCUT2D eigenvalue weighted by Crippen LogP contribution is -2.36. The van der Waals surface area contributed by atoms with Crippen molar-refractivity contribution in [3.05, 3.63) is 46.8 Å². The molecular formula is C19H25N3O6S2. The van der Waals surface area contributed by atoms with E-state index < -0.39 is 15.9 Å². The molecule has 0 saturated carbocycles. The van der Waals surface area contributed by atoms with Gasteiger partial charge in [-0.15, -0.1) is 11.3 Å². The Hall–Kier alpha value is -2.31. The van der Waals surface area contributed by atoms with Gasteiger partial charge in [0, 0.05) is 39.9 Å². The van der Waals surface area contributed by atoms with E-state index in [9.17, 15) is 18.0 Å². The third-order valence-electron chi connectivity index (χ3n) is 4.21. The average Bonchev–Trinajstić information content (AvgIpc) is 3.21. The molecule has 0 fully saturated rings. The summed E-state index contributed by atoms with van der Waals surface area (Å²) in [5.41, 5.74) is 0.632. The summed E-state index contributed by atoms with van der Waals surface area (Å²) >= 11 is 1.22. The molecule has 11 heteroatoms. The van der Waals surface area contributed by atoms with Crippen molar-refractivity contribution in [2.45, 2.75) is 4.90 Å². The maximum atomic E-state index is 12.9. The molecule has 2 N–H and O–H groups in total. The minimum atomic E-state index is -3.77. The number of nitrogens with zero attached hydrogens (tertiary/aromatic N) is 1. The summed E-state index contributed by atoms with van der Waals surface area (Å²) in [4.78, 5) is 24.4. The molecule has 0 aliphatic heterocycles. The van der Waals surface area contributed by atoms with E-state index in [-0.39, 0.29) is 42.7 Å². The predicted molar refractivity (Wildman–Crippen MR) is 115 cm³/mol. The normalized spacial score (nSPS) is 11.5. The van der Waals surface area contributed by atoms with E-state index >= 15 is 0 Å². The van der Waals surface area contributed by atoms with Crippen molar-refractivity contribution in [3.8, 4) is 0 Å². The number of rotatable bonds is 11. The molecule has 0 spiro atoms. The molecule has 1 aromatic carbocycles. The molecule has 9 nitrogen and oxygen atoms in total. The summed E-state index contributed by atoms with van der Waals surface area (Å²) < 4.78 is 37.1. The zero-order valence-corrected chi connectivity index (χ0v) is 18.6. The summed E-state index contributed by atoms with van der Waals surface area (Å²) in [6.07, 6.45) is 0. The van der Waals surface area contributed by atoms with E-state index in [4.69, 9.17) is 9.47 Å². The highest BCUT2D eigenvalue weighted by Gasteiger charge is 2.24. The van der Waals surface area contributed by atoms with Crippen LogP contribution in [0.4, 0.5) is 5.00 Å². The average molecular weight is 456 g/mol. The van der Waals surface area contributed by atoms with Crippen LogP contribution in [-0.2, 0) is 19.5 Å². The number of nitrogens with one attached hydrogen (secondary N) is 2. The van der Waals surface area contributed by atoms with Crippen molar-refractivity contribution >= 4 is 38.2 Å². The van der Waals surface area contributed by atoms with Gasteiger partial charge in [0.2, 0.25) is 10.0 Å². The Morgan fingerprint density at radius 3 is 2.13 bits per heavy atom. The molecule has 164 valence electrons. The zero-order valence-electron chi connectivity index (χ0n) is 17.0. The summed E-state index contributed by atoms with van der Waals surface area (Å²) in [5, 5.41) is 7.31. The second-order valence-corrected chi connectivity index (χ2v) is 8.96. The first-order chi connectivity index (χ1) is 14.3. The van der Waals surface area contributed by atoms with Gasteiger partial charge in [0.25, 0.3) is 11.8 Å². The van der Waals surface area contributed by atoms with Crippen molar-refractivity contribution in [3.63, 3.8) is 0 Å². The van der Waals surface area contributed by atoms with Gasteiger partial charge in [-0.1, -0.05) is 0 Å². The minimum Gasteiger partial charge on any atom is -0.383 e. The first kappa shape index (κ1) is 24.0. The van der Waals surface area contributed by atoms with Crippen molar-refractivity contribution < 1.29 is 27.5 Å². The van der Waals surface area contributed by atoms with Crippen LogP contribution in [0.15, 0.2) is 40.6 Å². The number of methoxy groups -OCH3 is 2. The molecule has 2 aromatic rings. The van der Waals surface area contributed by atoms with Crippen LogP contribution in [0.1, 0.15) is 20.7 Å². The molecule has 0 saturated heterocycles. The molecule has 0 radical (unpaired) electrons. The van der Waals surface area contributed by atoms with Crippen LogP contribution in [-0.4, -0.2) is 72.1 Å². The van der Waals surface area contributed by atoms with Crippen LogP contribution in [0.2, 0.25) is 0 Å². The number of anilines is 1. The summed E-state index contributed by atoms with van der Waals surface area (Å²) in [5.74, 6) is -0.748. The van der Waals surface area contributed by atoms with E-state index in [1.807, 2.05) is 0 Å². The van der Waals surface area contributed by atoms with Gasteiger partial charge in [0.05, 0.1) is 23.7 Å². The third-order valence-corrected chi connectivity index (χ3v) is 6.95. The van der Waals surface area contributed by atoms with Gasteiger partial charge in [-0.2, -0.15) is 4.31 Å². The van der Waals surface area contributed by atoms with Gasteiger partial charge >= 0.3 is 0 Å². The van der Waals surface area contributed by atoms with E-state index in [0.29, 0.717) is 10.6 Å². The van der Waals surface area contributed by atoms with E-state index in [0.717, 1.165) is 0 Å². The van der Waals surface area contributed by atoms with Crippen molar-refractivity contribution in [1.82, 2.24) is 9.62 Å². The minimum absolute atomic E-state index is 0.0634. The second kappa shape index (κ2) is 11.2. The molecule has 0 aliphatic carbocycles. The van der Waals surface area contributed by atoms with Gasteiger partial charge in [0.1, 0.15) is 5.00 Å².